The van der Waals surface area contributed by atoms with Gasteiger partial charge in [-0.25, -0.2) is 0 Å². The van der Waals surface area contributed by atoms with E-state index in [0.29, 0.717) is 23.1 Å². The number of unbranched alkanes of at least 4 members (excludes halogenated alkanes) is 1. The van der Waals surface area contributed by atoms with Gasteiger partial charge in [-0.3, -0.25) is 4.79 Å². The maximum Gasteiger partial charge on any atom is 0.303 e. The molecule has 0 spiro atoms. The average Bonchev–Trinajstić information content (AvgIpc) is 2.68. The van der Waals surface area contributed by atoms with E-state index in [-0.39, 0.29) is 6.42 Å². The van der Waals surface area contributed by atoms with E-state index in [2.05, 4.69) is 24.3 Å². The zero-order valence-corrected chi connectivity index (χ0v) is 16.7. The maximum atomic E-state index is 10.7. The highest BCUT2D eigenvalue weighted by Gasteiger charge is 2.10. The van der Waals surface area contributed by atoms with Gasteiger partial charge in [0.2, 0.25) is 0 Å². The lowest BCUT2D eigenvalue weighted by Crippen LogP contribution is -2.06. The fourth-order valence-corrected chi connectivity index (χ4v) is 4.96. The van der Waals surface area contributed by atoms with Crippen molar-refractivity contribution in [3.8, 4) is 0 Å². The average molecular weight is 391 g/mol. The predicted molar refractivity (Wildman–Crippen MR) is 115 cm³/mol. The molecule has 1 unspecified atom stereocenters. The molecule has 0 saturated heterocycles. The van der Waals surface area contributed by atoms with Crippen LogP contribution in [0.25, 0.3) is 0 Å². The molecule has 4 heteroatoms. The second kappa shape index (κ2) is 12.9. The van der Waals surface area contributed by atoms with Crippen molar-refractivity contribution in [2.45, 2.75) is 48.9 Å². The molecule has 140 valence electrons. The Hall–Kier alpha value is -1.39. The Morgan fingerprint density at radius 1 is 0.962 bits per heavy atom. The van der Waals surface area contributed by atoms with Gasteiger partial charge in [-0.2, -0.15) is 23.5 Å². The summed E-state index contributed by atoms with van der Waals surface area (Å²) in [6.45, 7) is 0. The molecule has 0 fully saturated rings. The van der Waals surface area contributed by atoms with Gasteiger partial charge in [0, 0.05) is 23.2 Å². The Morgan fingerprint density at radius 3 is 2.42 bits per heavy atom. The van der Waals surface area contributed by atoms with Crippen molar-refractivity contribution in [2.24, 2.45) is 0 Å². The first-order valence-electron chi connectivity index (χ1n) is 10.1. The van der Waals surface area contributed by atoms with Gasteiger partial charge in [0.25, 0.3) is 0 Å². The van der Waals surface area contributed by atoms with E-state index < -0.39 is 5.97 Å². The van der Waals surface area contributed by atoms with Gasteiger partial charge in [0.15, 0.2) is 0 Å². The van der Waals surface area contributed by atoms with Gasteiger partial charge in [-0.05, 0) is 36.1 Å². The number of hydrogen-bond acceptors (Lipinski definition) is 3. The molecule has 1 N–H and O–H groups in total. The van der Waals surface area contributed by atoms with Crippen LogP contribution in [0.15, 0.2) is 60.6 Å². The molecule has 0 radical (unpaired) electrons. The van der Waals surface area contributed by atoms with Crippen LogP contribution in [0.3, 0.4) is 0 Å². The summed E-state index contributed by atoms with van der Waals surface area (Å²) in [5, 5.41) is 9.32. The van der Waals surface area contributed by atoms with Crippen LogP contribution in [0.5, 0.6) is 0 Å². The molecule has 0 aromatic heterocycles. The molecule has 2 aromatic carbocycles. The van der Waals surface area contributed by atoms with Crippen LogP contribution in [0, 0.1) is 0 Å². The minimum Gasteiger partial charge on any atom is -0.481 e. The van der Waals surface area contributed by atoms with E-state index in [4.69, 9.17) is 7.85 Å². The van der Waals surface area contributed by atoms with E-state index in [1.54, 1.807) is 30.0 Å². The first-order valence-corrected chi connectivity index (χ1v) is 11.3. The molecule has 0 amide bonds. The van der Waals surface area contributed by atoms with Crippen molar-refractivity contribution >= 4 is 29.5 Å². The minimum absolute atomic E-state index is 0.247. The largest absolute Gasteiger partial charge is 0.481 e. The first-order chi connectivity index (χ1) is 13.6. The van der Waals surface area contributed by atoms with Crippen LogP contribution in [-0.2, 0) is 16.3 Å². The van der Waals surface area contributed by atoms with Crippen molar-refractivity contribution in [1.29, 1.82) is 0 Å². The molecule has 0 aliphatic carbocycles. The molecule has 0 bridgehead atoms. The van der Waals surface area contributed by atoms with Gasteiger partial charge in [0.1, 0.15) is 0 Å². The van der Waals surface area contributed by atoms with E-state index in [1.807, 2.05) is 17.8 Å². The Labute approximate surface area is 168 Å². The maximum absolute atomic E-state index is 10.7. The lowest BCUT2D eigenvalue weighted by Gasteiger charge is -2.16. The Balaban J connectivity index is 1.79. The van der Waals surface area contributed by atoms with Gasteiger partial charge in [0.05, 0.1) is 2.74 Å². The molecular weight excluding hydrogens is 360 g/mol. The summed E-state index contributed by atoms with van der Waals surface area (Å²) in [4.78, 5) is 10.7. The molecule has 0 aliphatic rings. The van der Waals surface area contributed by atoms with Crippen LogP contribution in [0.1, 0.15) is 46.0 Å². The quantitative estimate of drug-likeness (QED) is 0.410. The van der Waals surface area contributed by atoms with Gasteiger partial charge >= 0.3 is 5.97 Å². The predicted octanol–water partition coefficient (Wildman–Crippen LogP) is 6.26. The molecule has 0 aliphatic heterocycles. The van der Waals surface area contributed by atoms with Crippen molar-refractivity contribution in [1.82, 2.24) is 0 Å². The fourth-order valence-electron chi connectivity index (χ4n) is 2.61. The number of carbonyl (C=O) groups is 1. The second-order valence-electron chi connectivity index (χ2n) is 6.19. The number of rotatable bonds is 13. The van der Waals surface area contributed by atoms with Crippen LogP contribution < -0.4 is 0 Å². The van der Waals surface area contributed by atoms with Gasteiger partial charge in [-0.1, -0.05) is 67.0 Å². The van der Waals surface area contributed by atoms with Crippen LogP contribution in [0.4, 0.5) is 0 Å². The third kappa shape index (κ3) is 9.35. The summed E-state index contributed by atoms with van der Waals surface area (Å²) in [6.07, 6.45) is 4.01. The van der Waals surface area contributed by atoms with Crippen molar-refractivity contribution < 1.29 is 12.6 Å². The molecule has 2 aromatic rings. The Bertz CT molecular complexity index is 705. The van der Waals surface area contributed by atoms with Gasteiger partial charge < -0.3 is 5.11 Å². The Morgan fingerprint density at radius 2 is 1.69 bits per heavy atom. The van der Waals surface area contributed by atoms with Crippen molar-refractivity contribution in [3.63, 3.8) is 0 Å². The number of carboxylic acid groups (broad SMARTS) is 1. The van der Waals surface area contributed by atoms with E-state index in [9.17, 15) is 4.79 Å². The second-order valence-corrected chi connectivity index (χ2v) is 8.59. The zero-order valence-electron chi connectivity index (χ0n) is 17.0. The van der Waals surface area contributed by atoms with Crippen LogP contribution >= 0.6 is 23.5 Å². The standard InChI is InChI=1S/C22H28O2S2/c23-22(24)14-8-7-13-21(26-18-20-11-5-2-6-12-20)15-16-25-17-19-9-3-1-4-10-19/h1-6,9-12,21H,7-8,13-18H2,(H,23,24)/i9D,10D. The van der Waals surface area contributed by atoms with E-state index >= 15 is 0 Å². The van der Waals surface area contributed by atoms with Gasteiger partial charge in [-0.15, -0.1) is 0 Å². The third-order valence-electron chi connectivity index (χ3n) is 4.03. The fraction of sp³-hybridized carbons (Fsp3) is 0.409. The number of thioether (sulfide) groups is 2. The highest BCUT2D eigenvalue weighted by atomic mass is 32.2. The van der Waals surface area contributed by atoms with Crippen molar-refractivity contribution in [2.75, 3.05) is 5.75 Å². The molecule has 2 nitrogen and oxygen atoms in total. The van der Waals surface area contributed by atoms with E-state index in [1.165, 1.54) is 5.56 Å². The number of carboxylic acids is 1. The van der Waals surface area contributed by atoms with Crippen LogP contribution in [0.2, 0.25) is 0 Å². The minimum atomic E-state index is -0.718. The third-order valence-corrected chi connectivity index (χ3v) is 6.49. The lowest BCUT2D eigenvalue weighted by atomic mass is 10.1. The molecule has 26 heavy (non-hydrogen) atoms. The normalized spacial score (nSPS) is 13.1. The SMILES string of the molecule is [2H]c1cccc([2H])c1CSCCC(CCCCC(=O)O)SCc1ccccc1. The molecular formula is C22H28O2S2. The summed E-state index contributed by atoms with van der Waals surface area (Å²) < 4.78 is 15.9. The summed E-state index contributed by atoms with van der Waals surface area (Å²) >= 11 is 3.73. The summed E-state index contributed by atoms with van der Waals surface area (Å²) in [6, 6.07) is 16.6. The highest BCUT2D eigenvalue weighted by molar-refractivity contribution is 7.99. The topological polar surface area (TPSA) is 37.3 Å². The summed E-state index contributed by atoms with van der Waals surface area (Å²) in [7, 11) is 0. The first kappa shape index (κ1) is 18.0. The molecule has 0 saturated carbocycles. The summed E-state index contributed by atoms with van der Waals surface area (Å²) in [5.74, 6) is 1.94. The Kier molecular flexibility index (Phi) is 8.92. The lowest BCUT2D eigenvalue weighted by molar-refractivity contribution is -0.137. The molecule has 2 rings (SSSR count). The van der Waals surface area contributed by atoms with Crippen LogP contribution in [-0.4, -0.2) is 22.1 Å². The zero-order chi connectivity index (χ0) is 20.2. The smallest absolute Gasteiger partial charge is 0.303 e. The number of aliphatic carboxylic acids is 1. The summed E-state index contributed by atoms with van der Waals surface area (Å²) in [5.41, 5.74) is 2.13. The number of hydrogen-bond donors (Lipinski definition) is 1. The van der Waals surface area contributed by atoms with E-state index in [0.717, 1.165) is 42.8 Å². The molecule has 1 atom stereocenters. The highest BCUT2D eigenvalue weighted by Crippen LogP contribution is 2.27. The number of benzene rings is 2. The van der Waals surface area contributed by atoms with Crippen molar-refractivity contribution in [3.05, 3.63) is 71.7 Å². The monoisotopic (exact) mass is 390 g/mol. The molecule has 0 heterocycles.